The van der Waals surface area contributed by atoms with Crippen molar-refractivity contribution in [2.24, 2.45) is 17.6 Å². The maximum Gasteiger partial charge on any atom is 0.0602 e. The van der Waals surface area contributed by atoms with Crippen LogP contribution >= 0.6 is 0 Å². The van der Waals surface area contributed by atoms with Crippen molar-refractivity contribution in [3.8, 4) is 0 Å². The lowest BCUT2D eigenvalue weighted by Crippen LogP contribution is -2.59. The van der Waals surface area contributed by atoms with E-state index in [-0.39, 0.29) is 18.7 Å². The van der Waals surface area contributed by atoms with Crippen LogP contribution in [0.25, 0.3) is 0 Å². The standard InChI is InChI=1S/C15H31N3O/c1-11(2)15(16)14(10-19)18-8-6-13-12(9-18)5-4-7-17(13)3/h11-15,19H,4-10,16H2,1-3H3. The summed E-state index contributed by atoms with van der Waals surface area (Å²) in [4.78, 5) is 4.98. The molecule has 2 fully saturated rings. The molecule has 0 aromatic carbocycles. The zero-order chi connectivity index (χ0) is 14.0. The molecule has 4 heteroatoms. The molecule has 19 heavy (non-hydrogen) atoms. The molecule has 2 heterocycles. The molecule has 2 aliphatic rings. The Bertz CT molecular complexity index is 285. The lowest BCUT2D eigenvalue weighted by Gasteiger charge is -2.49. The lowest BCUT2D eigenvalue weighted by molar-refractivity contribution is -0.00290. The van der Waals surface area contributed by atoms with Crippen molar-refractivity contribution in [2.75, 3.05) is 33.3 Å². The highest BCUT2D eigenvalue weighted by Gasteiger charge is 2.37. The molecule has 3 N–H and O–H groups in total. The van der Waals surface area contributed by atoms with Gasteiger partial charge in [0.05, 0.1) is 6.61 Å². The van der Waals surface area contributed by atoms with Crippen molar-refractivity contribution in [3.05, 3.63) is 0 Å². The molecule has 2 aliphatic heterocycles. The Labute approximate surface area is 117 Å². The number of fused-ring (bicyclic) bond motifs is 1. The summed E-state index contributed by atoms with van der Waals surface area (Å²) in [5.41, 5.74) is 6.29. The van der Waals surface area contributed by atoms with Gasteiger partial charge in [-0.05, 0) is 44.7 Å². The van der Waals surface area contributed by atoms with Crippen molar-refractivity contribution >= 4 is 0 Å². The number of hydrogen-bond donors (Lipinski definition) is 2. The first kappa shape index (κ1) is 15.2. The fraction of sp³-hybridized carbons (Fsp3) is 1.00. The number of piperidine rings is 2. The van der Waals surface area contributed by atoms with Gasteiger partial charge in [-0.15, -0.1) is 0 Å². The van der Waals surface area contributed by atoms with Gasteiger partial charge in [-0.3, -0.25) is 4.90 Å². The normalized spacial score (nSPS) is 33.2. The summed E-state index contributed by atoms with van der Waals surface area (Å²) in [7, 11) is 2.26. The number of nitrogens with two attached hydrogens (primary N) is 1. The number of hydrogen-bond acceptors (Lipinski definition) is 4. The minimum absolute atomic E-state index is 0.0721. The zero-order valence-corrected chi connectivity index (χ0v) is 12.8. The van der Waals surface area contributed by atoms with Crippen molar-refractivity contribution < 1.29 is 5.11 Å². The van der Waals surface area contributed by atoms with Gasteiger partial charge in [0.25, 0.3) is 0 Å². The second-order valence-corrected chi connectivity index (χ2v) is 6.81. The van der Waals surface area contributed by atoms with Crippen molar-refractivity contribution in [3.63, 3.8) is 0 Å². The van der Waals surface area contributed by atoms with E-state index in [1.54, 1.807) is 0 Å². The first-order valence-electron chi connectivity index (χ1n) is 7.85. The Kier molecular flexibility index (Phi) is 5.23. The average Bonchev–Trinajstić information content (AvgIpc) is 2.39. The van der Waals surface area contributed by atoms with E-state index in [0.717, 1.165) is 25.0 Å². The van der Waals surface area contributed by atoms with E-state index in [1.807, 2.05) is 0 Å². The highest BCUT2D eigenvalue weighted by Crippen LogP contribution is 2.31. The molecular weight excluding hydrogens is 238 g/mol. The number of aliphatic hydroxyl groups excluding tert-OH is 1. The number of rotatable bonds is 4. The molecule has 0 spiro atoms. The molecular formula is C15H31N3O. The summed E-state index contributed by atoms with van der Waals surface area (Å²) < 4.78 is 0. The third kappa shape index (κ3) is 3.30. The second kappa shape index (κ2) is 6.53. The van der Waals surface area contributed by atoms with Gasteiger partial charge in [-0.1, -0.05) is 13.8 Å². The van der Waals surface area contributed by atoms with E-state index in [9.17, 15) is 5.11 Å². The van der Waals surface area contributed by atoms with Gasteiger partial charge < -0.3 is 15.7 Å². The number of nitrogens with zero attached hydrogens (tertiary/aromatic N) is 2. The van der Waals surface area contributed by atoms with E-state index in [4.69, 9.17) is 5.73 Å². The van der Waals surface area contributed by atoms with E-state index >= 15 is 0 Å². The molecule has 2 rings (SSSR count). The van der Waals surface area contributed by atoms with E-state index < -0.39 is 0 Å². The highest BCUT2D eigenvalue weighted by molar-refractivity contribution is 4.93. The molecule has 4 nitrogen and oxygen atoms in total. The van der Waals surface area contributed by atoms with Crippen LogP contribution in [0.1, 0.15) is 33.1 Å². The van der Waals surface area contributed by atoms with Gasteiger partial charge in [-0.2, -0.15) is 0 Å². The van der Waals surface area contributed by atoms with Crippen LogP contribution in [0.4, 0.5) is 0 Å². The van der Waals surface area contributed by atoms with Gasteiger partial charge in [0.1, 0.15) is 0 Å². The first-order chi connectivity index (χ1) is 9.04. The fourth-order valence-electron chi connectivity index (χ4n) is 3.91. The molecule has 4 unspecified atom stereocenters. The Morgan fingerprint density at radius 2 is 2.00 bits per heavy atom. The van der Waals surface area contributed by atoms with E-state index in [2.05, 4.69) is 30.7 Å². The van der Waals surface area contributed by atoms with E-state index in [1.165, 1.54) is 25.8 Å². The maximum atomic E-state index is 9.71. The van der Waals surface area contributed by atoms with E-state index in [0.29, 0.717) is 5.92 Å². The summed E-state index contributed by atoms with van der Waals surface area (Å²) in [6, 6.07) is 0.954. The van der Waals surface area contributed by atoms with Crippen LogP contribution in [0.3, 0.4) is 0 Å². The van der Waals surface area contributed by atoms with Crippen molar-refractivity contribution in [1.82, 2.24) is 9.80 Å². The van der Waals surface area contributed by atoms with Crippen LogP contribution in [0.5, 0.6) is 0 Å². The minimum Gasteiger partial charge on any atom is -0.395 e. The first-order valence-corrected chi connectivity index (χ1v) is 7.85. The Morgan fingerprint density at radius 3 is 2.63 bits per heavy atom. The Balaban J connectivity index is 1.99. The summed E-state index contributed by atoms with van der Waals surface area (Å²) >= 11 is 0. The van der Waals surface area contributed by atoms with Gasteiger partial charge in [0.2, 0.25) is 0 Å². The average molecular weight is 269 g/mol. The van der Waals surface area contributed by atoms with Crippen LogP contribution in [0, 0.1) is 11.8 Å². The number of likely N-dealkylation sites (tertiary alicyclic amines) is 2. The summed E-state index contributed by atoms with van der Waals surface area (Å²) in [6.45, 7) is 7.92. The SMILES string of the molecule is CC(C)C(N)C(CO)N1CCC2C(CCCN2C)C1. The lowest BCUT2D eigenvalue weighted by atomic mass is 9.82. The predicted molar refractivity (Wildman–Crippen MR) is 79.0 cm³/mol. The molecule has 0 aromatic rings. The smallest absolute Gasteiger partial charge is 0.0602 e. The number of aliphatic hydroxyl groups is 1. The van der Waals surface area contributed by atoms with Crippen molar-refractivity contribution in [1.29, 1.82) is 0 Å². The summed E-state index contributed by atoms with van der Waals surface area (Å²) in [5.74, 6) is 1.19. The third-order valence-electron chi connectivity index (χ3n) is 5.25. The van der Waals surface area contributed by atoms with Gasteiger partial charge in [0, 0.05) is 31.2 Å². The molecule has 0 amide bonds. The largest absolute Gasteiger partial charge is 0.395 e. The topological polar surface area (TPSA) is 52.7 Å². The van der Waals surface area contributed by atoms with Gasteiger partial charge in [0.15, 0.2) is 0 Å². The molecule has 112 valence electrons. The summed E-state index contributed by atoms with van der Waals surface area (Å²) in [5, 5.41) is 9.71. The van der Waals surface area contributed by atoms with Crippen LogP contribution in [0.2, 0.25) is 0 Å². The van der Waals surface area contributed by atoms with Crippen molar-refractivity contribution in [2.45, 2.75) is 51.2 Å². The van der Waals surface area contributed by atoms with Gasteiger partial charge in [-0.25, -0.2) is 0 Å². The third-order valence-corrected chi connectivity index (χ3v) is 5.25. The van der Waals surface area contributed by atoms with Gasteiger partial charge >= 0.3 is 0 Å². The molecule has 2 saturated heterocycles. The molecule has 0 bridgehead atoms. The fourth-order valence-corrected chi connectivity index (χ4v) is 3.91. The Hall–Kier alpha value is -0.160. The van der Waals surface area contributed by atoms with Crippen LogP contribution < -0.4 is 5.73 Å². The monoisotopic (exact) mass is 269 g/mol. The molecule has 4 atom stereocenters. The van der Waals surface area contributed by atoms with Crippen LogP contribution in [-0.2, 0) is 0 Å². The molecule has 0 saturated carbocycles. The molecule has 0 aliphatic carbocycles. The zero-order valence-electron chi connectivity index (χ0n) is 12.8. The molecule has 0 radical (unpaired) electrons. The maximum absolute atomic E-state index is 9.71. The predicted octanol–water partition coefficient (Wildman–Crippen LogP) is 0.747. The quantitative estimate of drug-likeness (QED) is 0.791. The minimum atomic E-state index is 0.0721. The summed E-state index contributed by atoms with van der Waals surface area (Å²) in [6.07, 6.45) is 3.87. The second-order valence-electron chi connectivity index (χ2n) is 6.81. The Morgan fingerprint density at radius 1 is 1.26 bits per heavy atom. The molecule has 0 aromatic heterocycles. The van der Waals surface area contributed by atoms with Crippen LogP contribution in [0.15, 0.2) is 0 Å². The van der Waals surface area contributed by atoms with Crippen LogP contribution in [-0.4, -0.2) is 66.3 Å². The highest BCUT2D eigenvalue weighted by atomic mass is 16.3.